The van der Waals surface area contributed by atoms with E-state index in [9.17, 15) is 15.0 Å². The number of hydrogen-bond acceptors (Lipinski definition) is 5. The summed E-state index contributed by atoms with van der Waals surface area (Å²) in [5.74, 6) is -0.153. The normalized spacial score (nSPS) is 23.5. The molecule has 1 aliphatic rings. The molecule has 0 bridgehead atoms. The smallest absolute Gasteiger partial charge is 0.238 e. The van der Waals surface area contributed by atoms with E-state index in [-0.39, 0.29) is 25.1 Å². The van der Waals surface area contributed by atoms with Gasteiger partial charge >= 0.3 is 0 Å². The predicted octanol–water partition coefficient (Wildman–Crippen LogP) is 0.341. The Kier molecular flexibility index (Phi) is 4.81. The summed E-state index contributed by atoms with van der Waals surface area (Å²) < 4.78 is 0. The van der Waals surface area contributed by atoms with Gasteiger partial charge in [0.05, 0.1) is 19.3 Å². The van der Waals surface area contributed by atoms with E-state index in [0.717, 1.165) is 4.90 Å². The summed E-state index contributed by atoms with van der Waals surface area (Å²) in [6.45, 7) is 0.553. The number of nitrogens with one attached hydrogen (secondary N) is 1. The van der Waals surface area contributed by atoms with Crippen LogP contribution in [0.1, 0.15) is 6.42 Å². The number of likely N-dealkylation sites (tertiary alicyclic amines) is 1. The molecule has 0 spiro atoms. The van der Waals surface area contributed by atoms with Crippen molar-refractivity contribution in [2.24, 2.45) is 0 Å². The minimum absolute atomic E-state index is 0.0430. The summed E-state index contributed by atoms with van der Waals surface area (Å²) >= 11 is 4.17. The van der Waals surface area contributed by atoms with Crippen LogP contribution in [0.2, 0.25) is 0 Å². The van der Waals surface area contributed by atoms with Crippen LogP contribution in [0, 0.1) is 0 Å². The zero-order chi connectivity index (χ0) is 13.8. The Morgan fingerprint density at radius 1 is 1.42 bits per heavy atom. The van der Waals surface area contributed by atoms with Gasteiger partial charge in [0.2, 0.25) is 5.91 Å². The topological polar surface area (TPSA) is 72.8 Å². The molecule has 5 nitrogen and oxygen atoms in total. The number of carbonyl (C=O) groups excluding carboxylic acids is 1. The van der Waals surface area contributed by atoms with Crippen LogP contribution >= 0.6 is 12.6 Å². The van der Waals surface area contributed by atoms with Gasteiger partial charge in [0.15, 0.2) is 0 Å². The molecule has 3 N–H and O–H groups in total. The van der Waals surface area contributed by atoms with Gasteiger partial charge in [0.1, 0.15) is 0 Å². The van der Waals surface area contributed by atoms with E-state index >= 15 is 0 Å². The molecule has 1 aromatic carbocycles. The summed E-state index contributed by atoms with van der Waals surface area (Å²) in [5.41, 5.74) is 0.711. The van der Waals surface area contributed by atoms with Crippen molar-refractivity contribution in [1.29, 1.82) is 0 Å². The first-order chi connectivity index (χ1) is 9.08. The predicted molar refractivity (Wildman–Crippen MR) is 75.4 cm³/mol. The van der Waals surface area contributed by atoms with E-state index in [2.05, 4.69) is 17.9 Å². The Bertz CT molecular complexity index is 438. The van der Waals surface area contributed by atoms with Crippen molar-refractivity contribution in [3.8, 4) is 0 Å². The van der Waals surface area contributed by atoms with Crippen LogP contribution in [0.4, 0.5) is 5.69 Å². The number of aliphatic hydroxyl groups excluding tert-OH is 2. The maximum absolute atomic E-state index is 11.9. The van der Waals surface area contributed by atoms with Crippen LogP contribution in [-0.4, -0.2) is 52.9 Å². The average Bonchev–Trinajstić information content (AvgIpc) is 2.72. The maximum Gasteiger partial charge on any atom is 0.238 e. The van der Waals surface area contributed by atoms with Gasteiger partial charge in [-0.1, -0.05) is 0 Å². The third-order valence-electron chi connectivity index (χ3n) is 3.21. The standard InChI is InChI=1S/C13H18N2O3S/c16-8-10-5-11(17)6-15(10)7-13(18)14-9-1-3-12(19)4-2-9/h1-4,10-11,16-17,19H,5-8H2,(H,14,18)/t10-,11-/m1/s1. The number of β-amino-alcohol motifs (C(OH)–C–C–N with tert-alkyl or cyclic N) is 1. The number of benzene rings is 1. The first-order valence-electron chi connectivity index (χ1n) is 6.20. The third kappa shape index (κ3) is 3.94. The second kappa shape index (κ2) is 6.38. The fourth-order valence-corrected chi connectivity index (χ4v) is 2.42. The monoisotopic (exact) mass is 282 g/mol. The van der Waals surface area contributed by atoms with Crippen molar-refractivity contribution in [2.45, 2.75) is 23.5 Å². The lowest BCUT2D eigenvalue weighted by Gasteiger charge is -2.21. The number of anilines is 1. The molecule has 0 radical (unpaired) electrons. The lowest BCUT2D eigenvalue weighted by atomic mass is 10.2. The number of rotatable bonds is 4. The molecule has 1 aliphatic heterocycles. The number of carbonyl (C=O) groups is 1. The summed E-state index contributed by atoms with van der Waals surface area (Å²) in [7, 11) is 0. The molecule has 1 aromatic rings. The van der Waals surface area contributed by atoms with Crippen molar-refractivity contribution in [3.63, 3.8) is 0 Å². The van der Waals surface area contributed by atoms with E-state index in [1.165, 1.54) is 0 Å². The van der Waals surface area contributed by atoms with Crippen LogP contribution in [0.25, 0.3) is 0 Å². The number of aliphatic hydroxyl groups is 2. The van der Waals surface area contributed by atoms with Crippen LogP contribution in [-0.2, 0) is 4.79 Å². The zero-order valence-electron chi connectivity index (χ0n) is 10.5. The van der Waals surface area contributed by atoms with Crippen molar-refractivity contribution >= 4 is 24.2 Å². The summed E-state index contributed by atoms with van der Waals surface area (Å²) in [6, 6.07) is 7.02. The minimum atomic E-state index is -0.464. The van der Waals surface area contributed by atoms with E-state index < -0.39 is 6.10 Å². The zero-order valence-corrected chi connectivity index (χ0v) is 11.4. The molecule has 0 aromatic heterocycles. The highest BCUT2D eigenvalue weighted by Crippen LogP contribution is 2.17. The highest BCUT2D eigenvalue weighted by molar-refractivity contribution is 7.80. The second-order valence-electron chi connectivity index (χ2n) is 4.75. The fourth-order valence-electron chi connectivity index (χ4n) is 2.27. The molecular weight excluding hydrogens is 264 g/mol. The fraction of sp³-hybridized carbons (Fsp3) is 0.462. The molecule has 19 heavy (non-hydrogen) atoms. The largest absolute Gasteiger partial charge is 0.395 e. The van der Waals surface area contributed by atoms with Gasteiger partial charge in [0.25, 0.3) is 0 Å². The molecule has 1 fully saturated rings. The second-order valence-corrected chi connectivity index (χ2v) is 5.27. The molecular formula is C13H18N2O3S. The molecule has 0 unspecified atom stereocenters. The molecule has 6 heteroatoms. The van der Waals surface area contributed by atoms with E-state index in [1.54, 1.807) is 29.2 Å². The van der Waals surface area contributed by atoms with Gasteiger partial charge in [-0.25, -0.2) is 0 Å². The Balaban J connectivity index is 1.89. The highest BCUT2D eigenvalue weighted by atomic mass is 32.1. The molecule has 2 rings (SSSR count). The first-order valence-corrected chi connectivity index (χ1v) is 6.65. The average molecular weight is 282 g/mol. The van der Waals surface area contributed by atoms with Crippen LogP contribution < -0.4 is 5.32 Å². The molecule has 0 saturated carbocycles. The quantitative estimate of drug-likeness (QED) is 0.601. The van der Waals surface area contributed by atoms with Crippen molar-refractivity contribution in [2.75, 3.05) is 25.0 Å². The first kappa shape index (κ1) is 14.3. The van der Waals surface area contributed by atoms with Crippen molar-refractivity contribution in [1.82, 2.24) is 4.90 Å². The molecule has 104 valence electrons. The van der Waals surface area contributed by atoms with Gasteiger partial charge in [-0.3, -0.25) is 9.69 Å². The number of hydrogen-bond donors (Lipinski definition) is 4. The van der Waals surface area contributed by atoms with Gasteiger partial charge in [0, 0.05) is 23.2 Å². The lowest BCUT2D eigenvalue weighted by Crippen LogP contribution is -2.38. The van der Waals surface area contributed by atoms with Crippen LogP contribution in [0.5, 0.6) is 0 Å². The Labute approximate surface area is 117 Å². The lowest BCUT2D eigenvalue weighted by molar-refractivity contribution is -0.117. The van der Waals surface area contributed by atoms with Gasteiger partial charge in [-0.2, -0.15) is 0 Å². The Morgan fingerprint density at radius 3 is 2.74 bits per heavy atom. The van der Waals surface area contributed by atoms with E-state index in [4.69, 9.17) is 0 Å². The summed E-state index contributed by atoms with van der Waals surface area (Å²) in [5, 5.41) is 21.5. The summed E-state index contributed by atoms with van der Waals surface area (Å²) in [6.07, 6.45) is 0.0476. The van der Waals surface area contributed by atoms with Crippen LogP contribution in [0.15, 0.2) is 29.2 Å². The number of thiol groups is 1. The maximum atomic E-state index is 11.9. The van der Waals surface area contributed by atoms with Crippen molar-refractivity contribution in [3.05, 3.63) is 24.3 Å². The molecule has 1 saturated heterocycles. The molecule has 1 amide bonds. The molecule has 0 aliphatic carbocycles. The third-order valence-corrected chi connectivity index (χ3v) is 3.51. The van der Waals surface area contributed by atoms with Crippen molar-refractivity contribution < 1.29 is 15.0 Å². The number of nitrogens with zero attached hydrogens (tertiary/aromatic N) is 1. The van der Waals surface area contributed by atoms with Gasteiger partial charge in [-0.05, 0) is 30.7 Å². The molecule has 2 atom stereocenters. The number of amides is 1. The SMILES string of the molecule is O=C(CN1C[C@H](O)C[C@@H]1CO)Nc1ccc(S)cc1. The van der Waals surface area contributed by atoms with E-state index in [1.807, 2.05) is 0 Å². The van der Waals surface area contributed by atoms with Gasteiger partial charge in [-0.15, -0.1) is 12.6 Å². The summed E-state index contributed by atoms with van der Waals surface area (Å²) in [4.78, 5) is 14.5. The van der Waals surface area contributed by atoms with Gasteiger partial charge < -0.3 is 15.5 Å². The Morgan fingerprint density at radius 2 is 2.11 bits per heavy atom. The van der Waals surface area contributed by atoms with Crippen LogP contribution in [0.3, 0.4) is 0 Å². The minimum Gasteiger partial charge on any atom is -0.395 e. The highest BCUT2D eigenvalue weighted by Gasteiger charge is 2.31. The van der Waals surface area contributed by atoms with E-state index in [0.29, 0.717) is 18.7 Å². The molecule has 1 heterocycles. The Hall–Kier alpha value is -1.08.